The van der Waals surface area contributed by atoms with Gasteiger partial charge in [-0.2, -0.15) is 0 Å². The van der Waals surface area contributed by atoms with E-state index in [0.717, 1.165) is 6.42 Å². The molecule has 1 unspecified atom stereocenters. The molecule has 0 radical (unpaired) electrons. The van der Waals surface area contributed by atoms with E-state index in [4.69, 9.17) is 21.1 Å². The molecule has 0 bridgehead atoms. The lowest BCUT2D eigenvalue weighted by atomic mass is 10.2. The van der Waals surface area contributed by atoms with Crippen molar-refractivity contribution in [3.63, 3.8) is 0 Å². The molecule has 1 aromatic rings. The number of hydrogen-bond donors (Lipinski definition) is 1. The number of nitrogens with one attached hydrogen (secondary N) is 1. The van der Waals surface area contributed by atoms with Crippen molar-refractivity contribution >= 4 is 33.4 Å². The first kappa shape index (κ1) is 18.8. The van der Waals surface area contributed by atoms with Crippen LogP contribution >= 0.6 is 11.6 Å². The summed E-state index contributed by atoms with van der Waals surface area (Å²) in [6, 6.07) is 4.96. The van der Waals surface area contributed by atoms with Crippen LogP contribution in [0, 0.1) is 0 Å². The molecular weight excluding hydrogens is 356 g/mol. The third-order valence-electron chi connectivity index (χ3n) is 3.62. The van der Waals surface area contributed by atoms with Gasteiger partial charge in [0.1, 0.15) is 11.9 Å². The summed E-state index contributed by atoms with van der Waals surface area (Å²) >= 11 is 6.07. The van der Waals surface area contributed by atoms with Gasteiger partial charge in [-0.15, -0.1) is 0 Å². The first-order valence-electron chi connectivity index (χ1n) is 7.65. The lowest BCUT2D eigenvalue weighted by molar-refractivity contribution is 0.143. The molecule has 1 aromatic carbocycles. The zero-order valence-corrected chi connectivity index (χ0v) is 15.2. The van der Waals surface area contributed by atoms with Crippen molar-refractivity contribution < 1.29 is 22.7 Å². The maximum absolute atomic E-state index is 12.0. The second-order valence-electron chi connectivity index (χ2n) is 5.46. The summed E-state index contributed by atoms with van der Waals surface area (Å²) < 4.78 is 36.4. The first-order valence-corrected chi connectivity index (χ1v) is 9.68. The SMILES string of the molecule is CCCCS(=O)(=O)NCC1CN(c2ccc(OC)c(Cl)c2)C(=O)O1. The van der Waals surface area contributed by atoms with Crippen LogP contribution in [0.5, 0.6) is 5.75 Å². The number of rotatable bonds is 8. The Labute approximate surface area is 146 Å². The fourth-order valence-electron chi connectivity index (χ4n) is 2.29. The van der Waals surface area contributed by atoms with Crippen LogP contribution in [-0.2, 0) is 14.8 Å². The molecule has 24 heavy (non-hydrogen) atoms. The Balaban J connectivity index is 1.97. The molecule has 1 atom stereocenters. The Bertz CT molecular complexity index is 695. The van der Waals surface area contributed by atoms with Crippen molar-refractivity contribution in [3.8, 4) is 5.75 Å². The highest BCUT2D eigenvalue weighted by molar-refractivity contribution is 7.89. The predicted octanol–water partition coefficient (Wildman–Crippen LogP) is 2.39. The number of hydrogen-bond acceptors (Lipinski definition) is 5. The number of methoxy groups -OCH3 is 1. The van der Waals surface area contributed by atoms with Crippen molar-refractivity contribution in [1.82, 2.24) is 4.72 Å². The van der Waals surface area contributed by atoms with Crippen LogP contribution in [0.3, 0.4) is 0 Å². The van der Waals surface area contributed by atoms with Crippen molar-refractivity contribution in [2.75, 3.05) is 30.9 Å². The van der Waals surface area contributed by atoms with Gasteiger partial charge in [0.2, 0.25) is 10.0 Å². The van der Waals surface area contributed by atoms with Crippen molar-refractivity contribution in [1.29, 1.82) is 0 Å². The summed E-state index contributed by atoms with van der Waals surface area (Å²) in [6.45, 7) is 2.22. The van der Waals surface area contributed by atoms with E-state index in [1.165, 1.54) is 12.0 Å². The smallest absolute Gasteiger partial charge is 0.414 e. The molecule has 1 N–H and O–H groups in total. The van der Waals surface area contributed by atoms with Gasteiger partial charge in [0.05, 0.1) is 24.4 Å². The topological polar surface area (TPSA) is 84.9 Å². The molecule has 2 rings (SSSR count). The standard InChI is InChI=1S/C15H21ClN2O5S/c1-3-4-7-24(20,21)17-9-12-10-18(15(19)23-12)11-5-6-14(22-2)13(16)8-11/h5-6,8,12,17H,3-4,7,9-10H2,1-2H3. The summed E-state index contributed by atoms with van der Waals surface area (Å²) in [6.07, 6.45) is 0.311. The monoisotopic (exact) mass is 376 g/mol. The normalized spacial score (nSPS) is 17.9. The van der Waals surface area contributed by atoms with Crippen LogP contribution in [0.1, 0.15) is 19.8 Å². The maximum Gasteiger partial charge on any atom is 0.414 e. The van der Waals surface area contributed by atoms with E-state index in [0.29, 0.717) is 22.9 Å². The summed E-state index contributed by atoms with van der Waals surface area (Å²) in [7, 11) is -1.84. The molecular formula is C15H21ClN2O5S. The minimum atomic E-state index is -3.34. The average molecular weight is 377 g/mol. The molecule has 1 fully saturated rings. The van der Waals surface area contributed by atoms with Crippen molar-refractivity contribution in [2.45, 2.75) is 25.9 Å². The van der Waals surface area contributed by atoms with E-state index >= 15 is 0 Å². The largest absolute Gasteiger partial charge is 0.495 e. The molecule has 0 aromatic heterocycles. The van der Waals surface area contributed by atoms with Crippen LogP contribution < -0.4 is 14.4 Å². The molecule has 1 heterocycles. The van der Waals surface area contributed by atoms with E-state index in [1.807, 2.05) is 6.92 Å². The zero-order valence-electron chi connectivity index (χ0n) is 13.6. The molecule has 1 amide bonds. The second-order valence-corrected chi connectivity index (χ2v) is 7.79. The Morgan fingerprint density at radius 2 is 2.21 bits per heavy atom. The Morgan fingerprint density at radius 3 is 2.83 bits per heavy atom. The lowest BCUT2D eigenvalue weighted by Crippen LogP contribution is -2.35. The molecule has 134 valence electrons. The predicted molar refractivity (Wildman–Crippen MR) is 92.3 cm³/mol. The maximum atomic E-state index is 12.0. The molecule has 1 aliphatic heterocycles. The van der Waals surface area contributed by atoms with Gasteiger partial charge in [-0.05, 0) is 24.6 Å². The number of carbonyl (C=O) groups excluding carboxylic acids is 1. The number of cyclic esters (lactones) is 1. The number of halogens is 1. The third kappa shape index (κ3) is 4.75. The van der Waals surface area contributed by atoms with Gasteiger partial charge in [-0.1, -0.05) is 24.9 Å². The van der Waals surface area contributed by atoms with Crippen molar-refractivity contribution in [2.24, 2.45) is 0 Å². The number of carbonyl (C=O) groups is 1. The highest BCUT2D eigenvalue weighted by atomic mass is 35.5. The van der Waals surface area contributed by atoms with Crippen LogP contribution in [0.15, 0.2) is 18.2 Å². The van der Waals surface area contributed by atoms with Crippen LogP contribution in [0.4, 0.5) is 10.5 Å². The number of unbranched alkanes of at least 4 members (excludes halogenated alkanes) is 1. The number of ether oxygens (including phenoxy) is 2. The van der Waals surface area contributed by atoms with E-state index in [9.17, 15) is 13.2 Å². The molecule has 0 aliphatic carbocycles. The van der Waals surface area contributed by atoms with E-state index in [-0.39, 0.29) is 18.8 Å². The lowest BCUT2D eigenvalue weighted by Gasteiger charge is -2.14. The van der Waals surface area contributed by atoms with Gasteiger partial charge < -0.3 is 9.47 Å². The summed E-state index contributed by atoms with van der Waals surface area (Å²) in [5.74, 6) is 0.579. The van der Waals surface area contributed by atoms with Gasteiger partial charge in [0.25, 0.3) is 0 Å². The van der Waals surface area contributed by atoms with Gasteiger partial charge in [-0.3, -0.25) is 4.90 Å². The number of sulfonamides is 1. The van der Waals surface area contributed by atoms with Crippen LogP contribution in [0.2, 0.25) is 5.02 Å². The summed E-state index contributed by atoms with van der Waals surface area (Å²) in [5, 5.41) is 0.381. The first-order chi connectivity index (χ1) is 11.4. The van der Waals surface area contributed by atoms with E-state index in [2.05, 4.69) is 4.72 Å². The number of anilines is 1. The van der Waals surface area contributed by atoms with E-state index in [1.54, 1.807) is 18.2 Å². The Morgan fingerprint density at radius 1 is 1.46 bits per heavy atom. The van der Waals surface area contributed by atoms with Gasteiger partial charge in [0, 0.05) is 12.2 Å². The highest BCUT2D eigenvalue weighted by Gasteiger charge is 2.33. The molecule has 0 saturated carbocycles. The zero-order chi connectivity index (χ0) is 17.7. The number of nitrogens with zero attached hydrogens (tertiary/aromatic N) is 1. The molecule has 1 aliphatic rings. The highest BCUT2D eigenvalue weighted by Crippen LogP contribution is 2.31. The van der Waals surface area contributed by atoms with Crippen molar-refractivity contribution in [3.05, 3.63) is 23.2 Å². The van der Waals surface area contributed by atoms with Gasteiger partial charge in [0.15, 0.2) is 0 Å². The van der Waals surface area contributed by atoms with Crippen LogP contribution in [-0.4, -0.2) is 46.6 Å². The molecule has 9 heteroatoms. The quantitative estimate of drug-likeness (QED) is 0.753. The fraction of sp³-hybridized carbons (Fsp3) is 0.533. The second kappa shape index (κ2) is 8.04. The Hall–Kier alpha value is -1.51. The summed E-state index contributed by atoms with van der Waals surface area (Å²) in [4.78, 5) is 13.4. The summed E-state index contributed by atoms with van der Waals surface area (Å²) in [5.41, 5.74) is 0.571. The number of amides is 1. The molecule has 1 saturated heterocycles. The average Bonchev–Trinajstić information content (AvgIpc) is 2.92. The fourth-order valence-corrected chi connectivity index (χ4v) is 3.79. The minimum absolute atomic E-state index is 0.0537. The van der Waals surface area contributed by atoms with Gasteiger partial charge in [-0.25, -0.2) is 17.9 Å². The van der Waals surface area contributed by atoms with E-state index < -0.39 is 22.2 Å². The molecule has 7 nitrogen and oxygen atoms in total. The van der Waals surface area contributed by atoms with Crippen LogP contribution in [0.25, 0.3) is 0 Å². The number of benzene rings is 1. The third-order valence-corrected chi connectivity index (χ3v) is 5.35. The minimum Gasteiger partial charge on any atom is -0.495 e. The molecule has 0 spiro atoms. The van der Waals surface area contributed by atoms with Gasteiger partial charge >= 0.3 is 6.09 Å². The Kier molecular flexibility index (Phi) is 6.31.